The first-order valence-corrected chi connectivity index (χ1v) is 10.6. The normalized spacial score (nSPS) is 14.3. The first-order chi connectivity index (χ1) is 15.3. The molecular weight excluding hydrogens is 414 g/mol. The Balaban J connectivity index is 1.66. The number of carbonyl (C=O) groups excluding carboxylic acids is 1. The van der Waals surface area contributed by atoms with E-state index in [-0.39, 0.29) is 11.5 Å². The van der Waals surface area contributed by atoms with Crippen LogP contribution in [0, 0.1) is 13.8 Å². The molecule has 1 aliphatic heterocycles. The number of anilines is 1. The van der Waals surface area contributed by atoms with Crippen molar-refractivity contribution < 1.29 is 13.6 Å². The van der Waals surface area contributed by atoms with Gasteiger partial charge in [-0.15, -0.1) is 0 Å². The highest BCUT2D eigenvalue weighted by atomic mass is 19.3. The van der Waals surface area contributed by atoms with Gasteiger partial charge in [-0.1, -0.05) is 24.3 Å². The highest BCUT2D eigenvalue weighted by Gasteiger charge is 2.21. The SMILES string of the molecule is CC(=O)N1CCN(c2cc(-n3nc(C)cc3C)nc(Cc3ccc(C(F)F)cc3)n2)CC1. The maximum absolute atomic E-state index is 12.9. The van der Waals surface area contributed by atoms with Gasteiger partial charge in [-0.25, -0.2) is 23.4 Å². The number of piperazine rings is 1. The molecule has 0 radical (unpaired) electrons. The van der Waals surface area contributed by atoms with E-state index in [0.29, 0.717) is 44.2 Å². The molecule has 3 aromatic rings. The summed E-state index contributed by atoms with van der Waals surface area (Å²) in [5.41, 5.74) is 2.70. The summed E-state index contributed by atoms with van der Waals surface area (Å²) in [5.74, 6) is 2.09. The van der Waals surface area contributed by atoms with Crippen LogP contribution in [0.1, 0.15) is 41.7 Å². The fraction of sp³-hybridized carbons (Fsp3) is 0.391. The Morgan fingerprint density at radius 3 is 2.22 bits per heavy atom. The molecule has 1 aromatic carbocycles. The molecule has 7 nitrogen and oxygen atoms in total. The van der Waals surface area contributed by atoms with Gasteiger partial charge in [-0.3, -0.25) is 4.79 Å². The predicted octanol–water partition coefficient (Wildman–Crippen LogP) is 3.48. The molecule has 9 heteroatoms. The van der Waals surface area contributed by atoms with Gasteiger partial charge in [-0.05, 0) is 25.5 Å². The predicted molar refractivity (Wildman–Crippen MR) is 117 cm³/mol. The summed E-state index contributed by atoms with van der Waals surface area (Å²) in [4.78, 5) is 25.1. The summed E-state index contributed by atoms with van der Waals surface area (Å²) in [6, 6.07) is 10.1. The lowest BCUT2D eigenvalue weighted by atomic mass is 10.1. The summed E-state index contributed by atoms with van der Waals surface area (Å²) >= 11 is 0. The van der Waals surface area contributed by atoms with Crippen molar-refractivity contribution in [2.24, 2.45) is 0 Å². The Labute approximate surface area is 185 Å². The lowest BCUT2D eigenvalue weighted by Gasteiger charge is -2.35. The third-order valence-corrected chi connectivity index (χ3v) is 5.61. The zero-order valence-corrected chi connectivity index (χ0v) is 18.4. The molecular formula is C23H26F2N6O. The number of hydrogen-bond acceptors (Lipinski definition) is 5. The lowest BCUT2D eigenvalue weighted by Crippen LogP contribution is -2.48. The Hall–Kier alpha value is -3.36. The third-order valence-electron chi connectivity index (χ3n) is 5.61. The van der Waals surface area contributed by atoms with Crippen molar-refractivity contribution in [3.05, 3.63) is 64.7 Å². The average molecular weight is 440 g/mol. The largest absolute Gasteiger partial charge is 0.353 e. The fourth-order valence-electron chi connectivity index (χ4n) is 3.89. The number of amides is 1. The molecule has 0 bridgehead atoms. The van der Waals surface area contributed by atoms with Crippen molar-refractivity contribution in [2.45, 2.75) is 33.6 Å². The van der Waals surface area contributed by atoms with E-state index in [4.69, 9.17) is 9.97 Å². The number of rotatable bonds is 5. The number of halogens is 2. The molecule has 1 saturated heterocycles. The van der Waals surface area contributed by atoms with Crippen LogP contribution < -0.4 is 4.90 Å². The first kappa shape index (κ1) is 21.9. The van der Waals surface area contributed by atoms with E-state index in [2.05, 4.69) is 10.00 Å². The molecule has 4 rings (SSSR count). The van der Waals surface area contributed by atoms with E-state index in [9.17, 15) is 13.6 Å². The Morgan fingerprint density at radius 1 is 1.00 bits per heavy atom. The molecule has 1 amide bonds. The number of benzene rings is 1. The van der Waals surface area contributed by atoms with Crippen LogP contribution in [-0.2, 0) is 11.2 Å². The molecule has 2 aromatic heterocycles. The smallest absolute Gasteiger partial charge is 0.263 e. The minimum atomic E-state index is -2.49. The second-order valence-electron chi connectivity index (χ2n) is 8.05. The van der Waals surface area contributed by atoms with E-state index in [1.807, 2.05) is 30.9 Å². The van der Waals surface area contributed by atoms with Gasteiger partial charge in [0.15, 0.2) is 5.82 Å². The molecule has 0 saturated carbocycles. The van der Waals surface area contributed by atoms with Gasteiger partial charge in [0.05, 0.1) is 5.69 Å². The van der Waals surface area contributed by atoms with Crippen molar-refractivity contribution in [2.75, 3.05) is 31.1 Å². The molecule has 0 atom stereocenters. The van der Waals surface area contributed by atoms with Gasteiger partial charge in [0, 0.05) is 56.8 Å². The monoisotopic (exact) mass is 440 g/mol. The number of carbonyl (C=O) groups is 1. The number of nitrogens with zero attached hydrogens (tertiary/aromatic N) is 6. The lowest BCUT2D eigenvalue weighted by molar-refractivity contribution is -0.129. The number of alkyl halides is 2. The molecule has 32 heavy (non-hydrogen) atoms. The van der Waals surface area contributed by atoms with Crippen LogP contribution in [0.2, 0.25) is 0 Å². The number of aryl methyl sites for hydroxylation is 2. The molecule has 3 heterocycles. The highest BCUT2D eigenvalue weighted by Crippen LogP contribution is 2.22. The Kier molecular flexibility index (Phi) is 6.16. The molecule has 168 valence electrons. The summed E-state index contributed by atoms with van der Waals surface area (Å²) in [7, 11) is 0. The Morgan fingerprint density at radius 2 is 1.66 bits per heavy atom. The van der Waals surface area contributed by atoms with Crippen LogP contribution in [0.15, 0.2) is 36.4 Å². The van der Waals surface area contributed by atoms with Gasteiger partial charge in [-0.2, -0.15) is 5.10 Å². The van der Waals surface area contributed by atoms with Gasteiger partial charge >= 0.3 is 0 Å². The van der Waals surface area contributed by atoms with E-state index in [1.54, 1.807) is 23.7 Å². The molecule has 0 unspecified atom stereocenters. The van der Waals surface area contributed by atoms with Crippen LogP contribution in [0.4, 0.5) is 14.6 Å². The molecule has 1 fully saturated rings. The van der Waals surface area contributed by atoms with Crippen molar-refractivity contribution in [3.8, 4) is 5.82 Å². The van der Waals surface area contributed by atoms with Crippen LogP contribution in [0.25, 0.3) is 5.82 Å². The zero-order valence-electron chi connectivity index (χ0n) is 18.4. The summed E-state index contributed by atoms with van der Waals surface area (Å²) in [5, 5.41) is 4.55. The van der Waals surface area contributed by atoms with Gasteiger partial charge in [0.1, 0.15) is 11.6 Å². The minimum Gasteiger partial charge on any atom is -0.353 e. The van der Waals surface area contributed by atoms with Crippen molar-refractivity contribution in [1.29, 1.82) is 0 Å². The van der Waals surface area contributed by atoms with Crippen LogP contribution in [0.5, 0.6) is 0 Å². The third kappa shape index (κ3) is 4.76. The van der Waals surface area contributed by atoms with E-state index >= 15 is 0 Å². The van der Waals surface area contributed by atoms with E-state index < -0.39 is 6.43 Å². The van der Waals surface area contributed by atoms with Crippen LogP contribution in [-0.4, -0.2) is 56.7 Å². The number of aromatic nitrogens is 4. The maximum Gasteiger partial charge on any atom is 0.263 e. The van der Waals surface area contributed by atoms with Crippen molar-refractivity contribution in [1.82, 2.24) is 24.6 Å². The van der Waals surface area contributed by atoms with Crippen LogP contribution in [0.3, 0.4) is 0 Å². The van der Waals surface area contributed by atoms with E-state index in [0.717, 1.165) is 22.8 Å². The summed E-state index contributed by atoms with van der Waals surface area (Å²) < 4.78 is 27.5. The fourth-order valence-corrected chi connectivity index (χ4v) is 3.89. The Bertz CT molecular complexity index is 1100. The van der Waals surface area contributed by atoms with Crippen molar-refractivity contribution in [3.63, 3.8) is 0 Å². The topological polar surface area (TPSA) is 67.2 Å². The zero-order chi connectivity index (χ0) is 22.8. The minimum absolute atomic E-state index is 0.00454. The van der Waals surface area contributed by atoms with Gasteiger partial charge in [0.2, 0.25) is 5.91 Å². The number of hydrogen-bond donors (Lipinski definition) is 0. The second-order valence-corrected chi connectivity index (χ2v) is 8.05. The molecule has 0 spiro atoms. The first-order valence-electron chi connectivity index (χ1n) is 10.6. The van der Waals surface area contributed by atoms with Crippen molar-refractivity contribution >= 4 is 11.7 Å². The molecule has 0 aliphatic carbocycles. The standard InChI is InChI=1S/C23H26F2N6O/c1-15-12-16(2)31(28-15)22-14-21(30-10-8-29(9-11-30)17(3)32)26-20(27-22)13-18-4-6-19(7-5-18)23(24)25/h4-7,12,14,23H,8-11,13H2,1-3H3. The average Bonchev–Trinajstić information content (AvgIpc) is 3.12. The van der Waals surface area contributed by atoms with Crippen LogP contribution >= 0.6 is 0 Å². The quantitative estimate of drug-likeness (QED) is 0.608. The van der Waals surface area contributed by atoms with E-state index in [1.165, 1.54) is 12.1 Å². The highest BCUT2D eigenvalue weighted by molar-refractivity contribution is 5.73. The van der Waals surface area contributed by atoms with Gasteiger partial charge in [0.25, 0.3) is 6.43 Å². The maximum atomic E-state index is 12.9. The summed E-state index contributed by atoms with van der Waals surface area (Å²) in [6.07, 6.45) is -2.08. The molecule has 0 N–H and O–H groups in total. The van der Waals surface area contributed by atoms with Gasteiger partial charge < -0.3 is 9.80 Å². The second kappa shape index (κ2) is 9.02. The molecule has 1 aliphatic rings. The summed E-state index contributed by atoms with van der Waals surface area (Å²) in [6.45, 7) is 8.11.